The Morgan fingerprint density at radius 3 is 2.44 bits per heavy atom. The van der Waals surface area contributed by atoms with Crippen molar-refractivity contribution in [1.29, 1.82) is 0 Å². The number of nitrogens with one attached hydrogen (secondary N) is 2. The van der Waals surface area contributed by atoms with Gasteiger partial charge in [0.2, 0.25) is 5.91 Å². The van der Waals surface area contributed by atoms with Crippen LogP contribution in [0.25, 0.3) is 0 Å². The Kier molecular flexibility index (Phi) is 6.28. The van der Waals surface area contributed by atoms with Crippen LogP contribution >= 0.6 is 0 Å². The normalized spacial score (nSPS) is 11.0. The average Bonchev–Trinajstić information content (AvgIpc) is 2.60. The molecule has 3 N–H and O–H groups in total. The van der Waals surface area contributed by atoms with Crippen molar-refractivity contribution in [2.45, 2.75) is 26.7 Å². The molecule has 0 saturated heterocycles. The fourth-order valence-corrected chi connectivity index (χ4v) is 2.15. The third kappa shape index (κ3) is 5.46. The van der Waals surface area contributed by atoms with Gasteiger partial charge in [-0.15, -0.1) is 0 Å². The molecule has 0 heterocycles. The van der Waals surface area contributed by atoms with Crippen LogP contribution in [0.1, 0.15) is 42.6 Å². The molecule has 0 spiro atoms. The maximum Gasteiger partial charge on any atom is 0.271 e. The molecule has 0 fully saturated rings. The summed E-state index contributed by atoms with van der Waals surface area (Å²) in [5.41, 5.74) is 4.85. The molecule has 0 saturated carbocycles. The van der Waals surface area contributed by atoms with Crippen molar-refractivity contribution in [3.05, 3.63) is 59.7 Å². The van der Waals surface area contributed by atoms with Crippen LogP contribution in [0.2, 0.25) is 0 Å². The number of anilines is 1. The number of aromatic hydroxyl groups is 1. The van der Waals surface area contributed by atoms with E-state index in [2.05, 4.69) is 15.8 Å². The Balaban J connectivity index is 1.98. The number of amides is 2. The number of nitrogens with zero attached hydrogens (tertiary/aromatic N) is 1. The first-order valence-corrected chi connectivity index (χ1v) is 8.03. The van der Waals surface area contributed by atoms with Crippen molar-refractivity contribution in [1.82, 2.24) is 5.43 Å². The summed E-state index contributed by atoms with van der Waals surface area (Å²) in [7, 11) is 0. The molecule has 0 aliphatic rings. The Bertz CT molecular complexity index is 783. The molecule has 130 valence electrons. The molecule has 25 heavy (non-hydrogen) atoms. The van der Waals surface area contributed by atoms with Crippen molar-refractivity contribution in [2.75, 3.05) is 5.32 Å². The van der Waals surface area contributed by atoms with Gasteiger partial charge in [0.1, 0.15) is 5.75 Å². The lowest BCUT2D eigenvalue weighted by atomic mass is 10.1. The molecular formula is C19H21N3O3. The lowest BCUT2D eigenvalue weighted by Crippen LogP contribution is -2.19. The second-order valence-corrected chi connectivity index (χ2v) is 5.56. The van der Waals surface area contributed by atoms with Gasteiger partial charge in [-0.2, -0.15) is 5.10 Å². The number of phenolic OH excluding ortho intramolecular Hbond substituents is 1. The van der Waals surface area contributed by atoms with Gasteiger partial charge in [0.05, 0.1) is 5.71 Å². The molecule has 0 radical (unpaired) electrons. The molecule has 0 atom stereocenters. The van der Waals surface area contributed by atoms with Gasteiger partial charge in [-0.3, -0.25) is 9.59 Å². The van der Waals surface area contributed by atoms with Crippen molar-refractivity contribution < 1.29 is 14.7 Å². The SMILES string of the molecule is CCCC(=O)Nc1ccc(C(=O)N/N=C(/C)c2cccc(O)c2)cc1. The summed E-state index contributed by atoms with van der Waals surface area (Å²) in [6.45, 7) is 3.67. The highest BCUT2D eigenvalue weighted by Crippen LogP contribution is 2.12. The Morgan fingerprint density at radius 2 is 1.80 bits per heavy atom. The van der Waals surface area contributed by atoms with Gasteiger partial charge in [-0.05, 0) is 49.7 Å². The van der Waals surface area contributed by atoms with Gasteiger partial charge in [0, 0.05) is 23.2 Å². The highest BCUT2D eigenvalue weighted by molar-refractivity contribution is 6.01. The van der Waals surface area contributed by atoms with Crippen molar-refractivity contribution in [3.63, 3.8) is 0 Å². The topological polar surface area (TPSA) is 90.8 Å². The van der Waals surface area contributed by atoms with Crippen LogP contribution in [-0.4, -0.2) is 22.6 Å². The third-order valence-electron chi connectivity index (χ3n) is 3.50. The van der Waals surface area contributed by atoms with Crippen molar-refractivity contribution >= 4 is 23.2 Å². The van der Waals surface area contributed by atoms with E-state index >= 15 is 0 Å². The maximum atomic E-state index is 12.1. The number of hydrazone groups is 1. The van der Waals surface area contributed by atoms with E-state index in [-0.39, 0.29) is 17.6 Å². The Morgan fingerprint density at radius 1 is 1.08 bits per heavy atom. The van der Waals surface area contributed by atoms with Crippen LogP contribution in [0.4, 0.5) is 5.69 Å². The molecule has 0 aliphatic carbocycles. The maximum absolute atomic E-state index is 12.1. The fourth-order valence-electron chi connectivity index (χ4n) is 2.15. The fraction of sp³-hybridized carbons (Fsp3) is 0.211. The summed E-state index contributed by atoms with van der Waals surface area (Å²) in [6.07, 6.45) is 1.24. The third-order valence-corrected chi connectivity index (χ3v) is 3.50. The number of phenols is 1. The smallest absolute Gasteiger partial charge is 0.271 e. The number of hydrogen-bond donors (Lipinski definition) is 3. The zero-order valence-corrected chi connectivity index (χ0v) is 14.2. The standard InChI is InChI=1S/C19H21N3O3/c1-3-5-18(24)20-16-10-8-14(9-11-16)19(25)22-21-13(2)15-6-4-7-17(23)12-15/h4,6-12,23H,3,5H2,1-2H3,(H,20,24)(H,22,25)/b21-13-. The molecular weight excluding hydrogens is 318 g/mol. The summed E-state index contributed by atoms with van der Waals surface area (Å²) in [6, 6.07) is 13.2. The zero-order valence-electron chi connectivity index (χ0n) is 14.2. The van der Waals surface area contributed by atoms with Crippen LogP contribution in [0.15, 0.2) is 53.6 Å². The first-order valence-electron chi connectivity index (χ1n) is 8.03. The summed E-state index contributed by atoms with van der Waals surface area (Å²) in [4.78, 5) is 23.7. The van der Waals surface area contributed by atoms with Crippen LogP contribution in [-0.2, 0) is 4.79 Å². The van der Waals surface area contributed by atoms with Gasteiger partial charge >= 0.3 is 0 Å². The van der Waals surface area contributed by atoms with Crippen LogP contribution in [0.5, 0.6) is 5.75 Å². The minimum Gasteiger partial charge on any atom is -0.508 e. The number of carbonyl (C=O) groups is 2. The lowest BCUT2D eigenvalue weighted by Gasteiger charge is -2.06. The monoisotopic (exact) mass is 339 g/mol. The largest absolute Gasteiger partial charge is 0.508 e. The summed E-state index contributed by atoms with van der Waals surface area (Å²) >= 11 is 0. The van der Waals surface area contributed by atoms with E-state index in [9.17, 15) is 14.7 Å². The summed E-state index contributed by atoms with van der Waals surface area (Å²) in [5.74, 6) is -0.268. The van der Waals surface area contributed by atoms with Crippen LogP contribution in [0, 0.1) is 0 Å². The second-order valence-electron chi connectivity index (χ2n) is 5.56. The molecule has 6 heteroatoms. The van der Waals surface area contributed by atoms with Crippen molar-refractivity contribution in [3.8, 4) is 5.75 Å². The summed E-state index contributed by atoms with van der Waals surface area (Å²) in [5, 5.41) is 16.3. The van der Waals surface area contributed by atoms with E-state index in [0.29, 0.717) is 28.9 Å². The van der Waals surface area contributed by atoms with Crippen LogP contribution in [0.3, 0.4) is 0 Å². The summed E-state index contributed by atoms with van der Waals surface area (Å²) < 4.78 is 0. The molecule has 0 aliphatic heterocycles. The van der Waals surface area contributed by atoms with Crippen molar-refractivity contribution in [2.24, 2.45) is 5.10 Å². The van der Waals surface area contributed by atoms with Crippen LogP contribution < -0.4 is 10.7 Å². The Labute approximate surface area is 146 Å². The van der Waals surface area contributed by atoms with Gasteiger partial charge in [0.25, 0.3) is 5.91 Å². The van der Waals surface area contributed by atoms with E-state index in [4.69, 9.17) is 0 Å². The molecule has 2 rings (SSSR count). The predicted octanol–water partition coefficient (Wildman–Crippen LogP) is 3.28. The molecule has 0 bridgehead atoms. The first-order chi connectivity index (χ1) is 12.0. The zero-order chi connectivity index (χ0) is 18.2. The average molecular weight is 339 g/mol. The van der Waals surface area contributed by atoms with Gasteiger partial charge in [-0.25, -0.2) is 5.43 Å². The number of carbonyl (C=O) groups excluding carboxylic acids is 2. The van der Waals surface area contributed by atoms with E-state index in [1.54, 1.807) is 55.5 Å². The van der Waals surface area contributed by atoms with E-state index in [1.165, 1.54) is 0 Å². The van der Waals surface area contributed by atoms with Gasteiger partial charge < -0.3 is 10.4 Å². The minimum atomic E-state index is -0.356. The molecule has 6 nitrogen and oxygen atoms in total. The highest BCUT2D eigenvalue weighted by Gasteiger charge is 2.06. The predicted molar refractivity (Wildman–Crippen MR) is 97.8 cm³/mol. The van der Waals surface area contributed by atoms with E-state index in [1.807, 2.05) is 6.92 Å². The Hall–Kier alpha value is -3.15. The number of benzene rings is 2. The molecule has 0 unspecified atom stereocenters. The van der Waals surface area contributed by atoms with Gasteiger partial charge in [-0.1, -0.05) is 19.1 Å². The molecule has 0 aromatic heterocycles. The number of rotatable bonds is 6. The molecule has 2 aromatic carbocycles. The first kappa shape index (κ1) is 18.2. The highest BCUT2D eigenvalue weighted by atomic mass is 16.3. The lowest BCUT2D eigenvalue weighted by molar-refractivity contribution is -0.116. The van der Waals surface area contributed by atoms with E-state index in [0.717, 1.165) is 6.42 Å². The number of hydrogen-bond acceptors (Lipinski definition) is 4. The van der Waals surface area contributed by atoms with Gasteiger partial charge in [0.15, 0.2) is 0 Å². The molecule has 2 amide bonds. The minimum absolute atomic E-state index is 0.0500. The van der Waals surface area contributed by atoms with E-state index < -0.39 is 0 Å². The quantitative estimate of drug-likeness (QED) is 0.557. The second kappa shape index (κ2) is 8.63. The molecule has 2 aromatic rings.